The molecule has 2 heteroatoms. The molecule has 0 aliphatic heterocycles. The summed E-state index contributed by atoms with van der Waals surface area (Å²) in [5, 5.41) is 0. The first-order valence-electron chi connectivity index (χ1n) is 4.58. The van der Waals surface area contributed by atoms with Gasteiger partial charge < -0.3 is 11.5 Å². The topological polar surface area (TPSA) is 52.0 Å². The minimum Gasteiger partial charge on any atom is -0.402 e. The molecule has 0 saturated heterocycles. The molecule has 12 heavy (non-hydrogen) atoms. The second-order valence-corrected chi connectivity index (χ2v) is 2.87. The van der Waals surface area contributed by atoms with Crippen LogP contribution in [0.15, 0.2) is 23.4 Å². The Morgan fingerprint density at radius 3 is 2.33 bits per heavy atom. The standard InChI is InChI=1S/C10H20N2/c1-3-5-9(8-11)6-7-10(12)4-2/h6-7H,3-5,8,11-12H2,1-2H3/b9-6-,10-7+. The van der Waals surface area contributed by atoms with Crippen LogP contribution >= 0.6 is 0 Å². The summed E-state index contributed by atoms with van der Waals surface area (Å²) in [7, 11) is 0. The molecule has 0 fully saturated rings. The molecule has 0 aliphatic rings. The average molecular weight is 168 g/mol. The zero-order valence-electron chi connectivity index (χ0n) is 8.14. The van der Waals surface area contributed by atoms with Crippen molar-refractivity contribution in [3.05, 3.63) is 23.4 Å². The third-order valence-electron chi connectivity index (χ3n) is 1.77. The first-order valence-corrected chi connectivity index (χ1v) is 4.58. The molecule has 0 heterocycles. The van der Waals surface area contributed by atoms with E-state index in [1.54, 1.807) is 0 Å². The van der Waals surface area contributed by atoms with Gasteiger partial charge in [0.15, 0.2) is 0 Å². The maximum atomic E-state index is 5.65. The van der Waals surface area contributed by atoms with Gasteiger partial charge in [0.1, 0.15) is 0 Å². The molecule has 0 radical (unpaired) electrons. The van der Waals surface area contributed by atoms with Gasteiger partial charge >= 0.3 is 0 Å². The largest absolute Gasteiger partial charge is 0.402 e. The van der Waals surface area contributed by atoms with E-state index >= 15 is 0 Å². The van der Waals surface area contributed by atoms with Gasteiger partial charge in [-0.15, -0.1) is 0 Å². The summed E-state index contributed by atoms with van der Waals surface area (Å²) in [4.78, 5) is 0. The highest BCUT2D eigenvalue weighted by Gasteiger charge is 1.90. The van der Waals surface area contributed by atoms with Crippen LogP contribution in [0.1, 0.15) is 33.1 Å². The third kappa shape index (κ3) is 4.97. The van der Waals surface area contributed by atoms with Crippen LogP contribution in [0.3, 0.4) is 0 Å². The van der Waals surface area contributed by atoms with Gasteiger partial charge in [-0.3, -0.25) is 0 Å². The maximum Gasteiger partial charge on any atom is 0.0139 e. The molecule has 2 nitrogen and oxygen atoms in total. The molecule has 0 aromatic heterocycles. The van der Waals surface area contributed by atoms with Crippen molar-refractivity contribution >= 4 is 0 Å². The van der Waals surface area contributed by atoms with E-state index in [1.807, 2.05) is 19.1 Å². The molecule has 70 valence electrons. The van der Waals surface area contributed by atoms with Crippen LogP contribution in [-0.2, 0) is 0 Å². The lowest BCUT2D eigenvalue weighted by molar-refractivity contribution is 0.874. The van der Waals surface area contributed by atoms with Crippen molar-refractivity contribution in [3.63, 3.8) is 0 Å². The minimum atomic E-state index is 0.640. The molecule has 0 saturated carbocycles. The molecule has 0 atom stereocenters. The smallest absolute Gasteiger partial charge is 0.0139 e. The average Bonchev–Trinajstić information content (AvgIpc) is 2.11. The van der Waals surface area contributed by atoms with E-state index in [1.165, 1.54) is 5.57 Å². The van der Waals surface area contributed by atoms with Gasteiger partial charge in [0.05, 0.1) is 0 Å². The molecular weight excluding hydrogens is 148 g/mol. The fraction of sp³-hybridized carbons (Fsp3) is 0.600. The fourth-order valence-corrected chi connectivity index (χ4v) is 0.917. The van der Waals surface area contributed by atoms with Crippen molar-refractivity contribution in [2.45, 2.75) is 33.1 Å². The first-order chi connectivity index (χ1) is 5.74. The third-order valence-corrected chi connectivity index (χ3v) is 1.77. The molecule has 0 aromatic carbocycles. The molecule has 0 amide bonds. The van der Waals surface area contributed by atoms with Crippen molar-refractivity contribution in [2.24, 2.45) is 11.5 Å². The lowest BCUT2D eigenvalue weighted by Gasteiger charge is -2.00. The maximum absolute atomic E-state index is 5.65. The van der Waals surface area contributed by atoms with Gasteiger partial charge in [0.25, 0.3) is 0 Å². The summed E-state index contributed by atoms with van der Waals surface area (Å²) in [5.41, 5.74) is 13.4. The highest BCUT2D eigenvalue weighted by atomic mass is 14.6. The first kappa shape index (κ1) is 11.2. The lowest BCUT2D eigenvalue weighted by Crippen LogP contribution is -2.03. The molecule has 0 rings (SSSR count). The summed E-state index contributed by atoms with van der Waals surface area (Å²) < 4.78 is 0. The Labute approximate surface area is 75.3 Å². The Balaban J connectivity index is 4.09. The summed E-state index contributed by atoms with van der Waals surface area (Å²) >= 11 is 0. The number of allylic oxidation sites excluding steroid dienone is 3. The van der Waals surface area contributed by atoms with Crippen LogP contribution in [0.4, 0.5) is 0 Å². The van der Waals surface area contributed by atoms with E-state index in [-0.39, 0.29) is 0 Å². The van der Waals surface area contributed by atoms with Gasteiger partial charge in [-0.1, -0.05) is 31.9 Å². The van der Waals surface area contributed by atoms with Gasteiger partial charge in [-0.05, 0) is 18.9 Å². The van der Waals surface area contributed by atoms with Gasteiger partial charge in [0, 0.05) is 12.2 Å². The van der Waals surface area contributed by atoms with Crippen molar-refractivity contribution in [1.29, 1.82) is 0 Å². The predicted octanol–water partition coefficient (Wildman–Crippen LogP) is 1.92. The number of hydrogen-bond acceptors (Lipinski definition) is 2. The summed E-state index contributed by atoms with van der Waals surface area (Å²) in [6, 6.07) is 0. The predicted molar refractivity (Wildman–Crippen MR) is 54.6 cm³/mol. The Morgan fingerprint density at radius 2 is 1.92 bits per heavy atom. The molecular formula is C10H20N2. The van der Waals surface area contributed by atoms with Crippen LogP contribution in [0.2, 0.25) is 0 Å². The van der Waals surface area contributed by atoms with Crippen LogP contribution in [0, 0.1) is 0 Å². The van der Waals surface area contributed by atoms with E-state index in [9.17, 15) is 0 Å². The van der Waals surface area contributed by atoms with Gasteiger partial charge in [0.2, 0.25) is 0 Å². The molecule has 0 unspecified atom stereocenters. The van der Waals surface area contributed by atoms with E-state index in [0.29, 0.717) is 6.54 Å². The number of hydrogen-bond donors (Lipinski definition) is 2. The number of nitrogens with two attached hydrogens (primary N) is 2. The van der Waals surface area contributed by atoms with E-state index in [2.05, 4.69) is 6.92 Å². The fourth-order valence-electron chi connectivity index (χ4n) is 0.917. The van der Waals surface area contributed by atoms with Crippen LogP contribution in [0.5, 0.6) is 0 Å². The normalized spacial score (nSPS) is 13.6. The zero-order chi connectivity index (χ0) is 9.40. The Bertz CT molecular complexity index is 169. The molecule has 0 aromatic rings. The molecule has 0 bridgehead atoms. The van der Waals surface area contributed by atoms with Crippen LogP contribution < -0.4 is 11.5 Å². The second-order valence-electron chi connectivity index (χ2n) is 2.87. The molecule has 4 N–H and O–H groups in total. The van der Waals surface area contributed by atoms with Crippen molar-refractivity contribution < 1.29 is 0 Å². The highest BCUT2D eigenvalue weighted by Crippen LogP contribution is 2.03. The second kappa shape index (κ2) is 6.92. The highest BCUT2D eigenvalue weighted by molar-refractivity contribution is 5.16. The van der Waals surface area contributed by atoms with Crippen molar-refractivity contribution in [1.82, 2.24) is 0 Å². The number of rotatable bonds is 5. The Morgan fingerprint density at radius 1 is 1.25 bits per heavy atom. The Kier molecular flexibility index (Phi) is 6.48. The van der Waals surface area contributed by atoms with Crippen LogP contribution in [-0.4, -0.2) is 6.54 Å². The quantitative estimate of drug-likeness (QED) is 0.616. The zero-order valence-corrected chi connectivity index (χ0v) is 8.14. The Hall–Kier alpha value is -0.760. The molecule has 0 spiro atoms. The van der Waals surface area contributed by atoms with E-state index in [0.717, 1.165) is 25.0 Å². The van der Waals surface area contributed by atoms with Gasteiger partial charge in [-0.2, -0.15) is 0 Å². The minimum absolute atomic E-state index is 0.640. The summed E-state index contributed by atoms with van der Waals surface area (Å²) in [6.07, 6.45) is 7.12. The summed E-state index contributed by atoms with van der Waals surface area (Å²) in [6.45, 7) is 4.83. The van der Waals surface area contributed by atoms with Crippen LogP contribution in [0.25, 0.3) is 0 Å². The van der Waals surface area contributed by atoms with Gasteiger partial charge in [-0.25, -0.2) is 0 Å². The van der Waals surface area contributed by atoms with E-state index in [4.69, 9.17) is 11.5 Å². The van der Waals surface area contributed by atoms with Crippen molar-refractivity contribution in [3.8, 4) is 0 Å². The lowest BCUT2D eigenvalue weighted by atomic mass is 10.1. The SMILES string of the molecule is CCC/C(=C/C=C(/N)CC)CN. The summed E-state index contributed by atoms with van der Waals surface area (Å²) in [5.74, 6) is 0. The monoisotopic (exact) mass is 168 g/mol. The van der Waals surface area contributed by atoms with E-state index < -0.39 is 0 Å². The van der Waals surface area contributed by atoms with Crippen molar-refractivity contribution in [2.75, 3.05) is 6.54 Å². The molecule has 0 aliphatic carbocycles.